The van der Waals surface area contributed by atoms with E-state index in [2.05, 4.69) is 0 Å². The van der Waals surface area contributed by atoms with Gasteiger partial charge in [-0.3, -0.25) is 24.6 Å². The number of rotatable bonds is 7. The van der Waals surface area contributed by atoms with E-state index in [1.807, 2.05) is 0 Å². The van der Waals surface area contributed by atoms with E-state index in [9.17, 15) is 24.5 Å². The summed E-state index contributed by atoms with van der Waals surface area (Å²) in [5, 5.41) is 13.3. The van der Waals surface area contributed by atoms with Crippen molar-refractivity contribution in [1.29, 1.82) is 0 Å². The number of nitro groups is 1. The van der Waals surface area contributed by atoms with Gasteiger partial charge < -0.3 is 19.1 Å². The summed E-state index contributed by atoms with van der Waals surface area (Å²) in [5.41, 5.74) is -0.163. The zero-order chi connectivity index (χ0) is 30.8. The van der Waals surface area contributed by atoms with E-state index in [0.717, 1.165) is 5.56 Å². The Morgan fingerprint density at radius 1 is 1.14 bits per heavy atom. The van der Waals surface area contributed by atoms with Crippen molar-refractivity contribution in [2.24, 2.45) is 0 Å². The number of fused-ring (bicyclic) bond motifs is 1. The molecule has 0 spiro atoms. The van der Waals surface area contributed by atoms with Crippen LogP contribution in [0.5, 0.6) is 5.75 Å². The summed E-state index contributed by atoms with van der Waals surface area (Å²) >= 11 is 0. The summed E-state index contributed by atoms with van der Waals surface area (Å²) in [5.74, 6) is -1.50. The van der Waals surface area contributed by atoms with E-state index >= 15 is 0 Å². The molecule has 0 bridgehead atoms. The van der Waals surface area contributed by atoms with Gasteiger partial charge in [0, 0.05) is 49.0 Å². The molecule has 2 heterocycles. The van der Waals surface area contributed by atoms with Crippen molar-refractivity contribution in [3.8, 4) is 5.75 Å². The van der Waals surface area contributed by atoms with E-state index < -0.39 is 35.2 Å². The number of aryl methyl sites for hydroxylation is 1. The summed E-state index contributed by atoms with van der Waals surface area (Å²) in [7, 11) is 4.36. The number of likely N-dealkylation sites (tertiary alicyclic amines) is 1. The number of esters is 1. The number of benzene rings is 2. The van der Waals surface area contributed by atoms with E-state index in [-0.39, 0.29) is 30.2 Å². The first-order valence-electron chi connectivity index (χ1n) is 14.1. The van der Waals surface area contributed by atoms with Crippen molar-refractivity contribution in [3.05, 3.63) is 69.3 Å². The van der Waals surface area contributed by atoms with Crippen molar-refractivity contribution in [2.75, 3.05) is 32.7 Å². The Morgan fingerprint density at radius 3 is 2.43 bits per heavy atom. The lowest BCUT2D eigenvalue weighted by Crippen LogP contribution is -2.58. The van der Waals surface area contributed by atoms with Gasteiger partial charge in [-0.25, -0.2) is 4.79 Å². The number of hydrogen-bond acceptors (Lipinski definition) is 8. The van der Waals surface area contributed by atoms with Crippen LogP contribution in [0.25, 0.3) is 0 Å². The molecular formula is C31H39N3O8. The molecule has 226 valence electrons. The normalized spacial score (nSPS) is 21.3. The molecule has 2 aromatic rings. The monoisotopic (exact) mass is 581 g/mol. The maximum absolute atomic E-state index is 13.5. The lowest BCUT2D eigenvalue weighted by molar-refractivity contribution is -0.585. The predicted octanol–water partition coefficient (Wildman–Crippen LogP) is 5.04. The van der Waals surface area contributed by atoms with Crippen molar-refractivity contribution in [2.45, 2.75) is 76.0 Å². The molecule has 1 saturated heterocycles. The van der Waals surface area contributed by atoms with E-state index in [1.54, 1.807) is 70.3 Å². The molecule has 1 fully saturated rings. The number of amides is 2. The first kappa shape index (κ1) is 30.8. The minimum absolute atomic E-state index is 0.0700. The van der Waals surface area contributed by atoms with Gasteiger partial charge in [0.1, 0.15) is 17.4 Å². The molecule has 2 amide bonds. The number of anilines is 1. The highest BCUT2D eigenvalue weighted by atomic mass is 16.6. The second-order valence-electron chi connectivity index (χ2n) is 11.9. The van der Waals surface area contributed by atoms with Crippen molar-refractivity contribution in [1.82, 2.24) is 4.90 Å². The highest BCUT2D eigenvalue weighted by molar-refractivity contribution is 5.96. The zero-order valence-electron chi connectivity index (χ0n) is 25.0. The molecule has 4 rings (SSSR count). The third-order valence-corrected chi connectivity index (χ3v) is 8.13. The van der Waals surface area contributed by atoms with Crippen LogP contribution in [0, 0.1) is 10.1 Å². The van der Waals surface area contributed by atoms with Crippen LogP contribution in [0.4, 0.5) is 10.5 Å². The second-order valence-corrected chi connectivity index (χ2v) is 11.9. The van der Waals surface area contributed by atoms with E-state index in [4.69, 9.17) is 14.2 Å². The second kappa shape index (κ2) is 12.0. The first-order valence-corrected chi connectivity index (χ1v) is 14.1. The third kappa shape index (κ3) is 5.91. The fourth-order valence-electron chi connectivity index (χ4n) is 6.18. The van der Waals surface area contributed by atoms with Crippen LogP contribution >= 0.6 is 0 Å². The van der Waals surface area contributed by atoms with Gasteiger partial charge in [-0.05, 0) is 56.9 Å². The van der Waals surface area contributed by atoms with Crippen LogP contribution in [0.2, 0.25) is 0 Å². The summed E-state index contributed by atoms with van der Waals surface area (Å²) < 4.78 is 16.6. The molecule has 11 nitrogen and oxygen atoms in total. The topological polar surface area (TPSA) is 129 Å². The Kier molecular flexibility index (Phi) is 8.79. The highest BCUT2D eigenvalue weighted by Crippen LogP contribution is 2.49. The number of hydrogen-bond donors (Lipinski definition) is 0. The van der Waals surface area contributed by atoms with Gasteiger partial charge in [0.15, 0.2) is 0 Å². The van der Waals surface area contributed by atoms with E-state index in [0.29, 0.717) is 41.8 Å². The summed E-state index contributed by atoms with van der Waals surface area (Å²) in [4.78, 5) is 55.3. The van der Waals surface area contributed by atoms with Gasteiger partial charge in [0.05, 0.1) is 20.1 Å². The Morgan fingerprint density at radius 2 is 1.83 bits per heavy atom. The van der Waals surface area contributed by atoms with Gasteiger partial charge in [-0.1, -0.05) is 30.3 Å². The molecule has 3 atom stereocenters. The Labute approximate surface area is 245 Å². The summed E-state index contributed by atoms with van der Waals surface area (Å²) in [6.07, 6.45) is 0.351. The number of carbonyl (C=O) groups is 3. The lowest BCUT2D eigenvalue weighted by Gasteiger charge is -2.45. The standard InChI is InChI=1S/C31H39N3O8/c1-30(2,3)42-29(37)33-16-10-15-31(34(38)39,27(33)20-11-8-7-9-12-20)19-23(28(36)41-6)22-18-24-21(17-25(22)40-5)13-14-26(35)32(24)4/h7-9,11-12,17-18,23,27H,10,13-16,19H2,1-6H3/t23?,27-,31+/m1/s1. The zero-order valence-corrected chi connectivity index (χ0v) is 25.0. The van der Waals surface area contributed by atoms with Gasteiger partial charge >= 0.3 is 12.1 Å². The summed E-state index contributed by atoms with van der Waals surface area (Å²) in [6, 6.07) is 11.3. The van der Waals surface area contributed by atoms with Crippen LogP contribution in [0.15, 0.2) is 42.5 Å². The average molecular weight is 582 g/mol. The van der Waals surface area contributed by atoms with Crippen molar-refractivity contribution in [3.63, 3.8) is 0 Å². The van der Waals surface area contributed by atoms with Gasteiger partial charge in [0.25, 0.3) is 0 Å². The summed E-state index contributed by atoms with van der Waals surface area (Å²) in [6.45, 7) is 5.47. The minimum atomic E-state index is -1.78. The maximum atomic E-state index is 13.5. The quantitative estimate of drug-likeness (QED) is 0.253. The Hall–Kier alpha value is -4.15. The van der Waals surface area contributed by atoms with Crippen LogP contribution in [0.3, 0.4) is 0 Å². The molecule has 2 aromatic carbocycles. The molecule has 11 heteroatoms. The minimum Gasteiger partial charge on any atom is -0.496 e. The molecule has 0 aliphatic carbocycles. The third-order valence-electron chi connectivity index (χ3n) is 8.13. The molecule has 1 unspecified atom stereocenters. The molecule has 0 radical (unpaired) electrons. The number of piperidine rings is 1. The van der Waals surface area contributed by atoms with Gasteiger partial charge in [-0.2, -0.15) is 0 Å². The van der Waals surface area contributed by atoms with Crippen LogP contribution < -0.4 is 9.64 Å². The van der Waals surface area contributed by atoms with Crippen LogP contribution in [0.1, 0.15) is 75.1 Å². The molecule has 0 N–H and O–H groups in total. The Bertz CT molecular complexity index is 1360. The number of carbonyl (C=O) groups excluding carboxylic acids is 3. The smallest absolute Gasteiger partial charge is 0.411 e. The van der Waals surface area contributed by atoms with Crippen LogP contribution in [-0.2, 0) is 25.5 Å². The molecule has 42 heavy (non-hydrogen) atoms. The molecular weight excluding hydrogens is 542 g/mol. The fraction of sp³-hybridized carbons (Fsp3) is 0.516. The van der Waals surface area contributed by atoms with Crippen molar-refractivity contribution < 1.29 is 33.5 Å². The highest BCUT2D eigenvalue weighted by Gasteiger charge is 2.59. The molecule has 2 aliphatic rings. The van der Waals surface area contributed by atoms with Crippen LogP contribution in [-0.4, -0.2) is 66.7 Å². The number of ether oxygens (including phenoxy) is 3. The maximum Gasteiger partial charge on any atom is 0.411 e. The first-order chi connectivity index (χ1) is 19.8. The van der Waals surface area contributed by atoms with E-state index in [1.165, 1.54) is 24.0 Å². The van der Waals surface area contributed by atoms with Gasteiger partial charge in [0.2, 0.25) is 11.4 Å². The van der Waals surface area contributed by atoms with Gasteiger partial charge in [-0.15, -0.1) is 0 Å². The number of nitrogens with zero attached hydrogens (tertiary/aromatic N) is 3. The Balaban J connectivity index is 1.89. The lowest BCUT2D eigenvalue weighted by atomic mass is 9.71. The average Bonchev–Trinajstić information content (AvgIpc) is 2.96. The molecule has 0 saturated carbocycles. The fourth-order valence-corrected chi connectivity index (χ4v) is 6.18. The SMILES string of the molecule is COC(=O)C(C[C@@]1([N+](=O)[O-])CCCN(C(=O)OC(C)(C)C)[C@@H]1c1ccccc1)c1cc2c(cc1OC)CCC(=O)N2C. The van der Waals surface area contributed by atoms with Crippen molar-refractivity contribution >= 4 is 23.7 Å². The number of methoxy groups -OCH3 is 2. The largest absolute Gasteiger partial charge is 0.496 e. The molecule has 2 aliphatic heterocycles. The molecule has 0 aromatic heterocycles. The predicted molar refractivity (Wildman–Crippen MR) is 155 cm³/mol.